The van der Waals surface area contributed by atoms with Crippen molar-refractivity contribution in [2.75, 3.05) is 34.4 Å². The van der Waals surface area contributed by atoms with Crippen LogP contribution in [-0.2, 0) is 0 Å². The van der Waals surface area contributed by atoms with Crippen molar-refractivity contribution in [1.29, 1.82) is 0 Å². The maximum Gasteiger partial charge on any atom is 0.272 e. The van der Waals surface area contributed by atoms with Crippen LogP contribution in [0.25, 0.3) is 11.3 Å². The van der Waals surface area contributed by atoms with Crippen LogP contribution in [0, 0.1) is 0 Å². The summed E-state index contributed by atoms with van der Waals surface area (Å²) in [7, 11) is 4.71. The molecule has 1 saturated heterocycles. The monoisotopic (exact) mass is 439 g/mol. The van der Waals surface area contributed by atoms with Gasteiger partial charge < -0.3 is 23.8 Å². The topological polar surface area (TPSA) is 112 Å². The first kappa shape index (κ1) is 21.4. The first-order chi connectivity index (χ1) is 15.6. The van der Waals surface area contributed by atoms with Crippen molar-refractivity contribution >= 4 is 5.91 Å². The Balaban J connectivity index is 1.46. The second-order valence-corrected chi connectivity index (χ2v) is 7.28. The van der Waals surface area contributed by atoms with E-state index >= 15 is 0 Å². The lowest BCUT2D eigenvalue weighted by Gasteiger charge is -2.32. The average molecular weight is 439 g/mol. The molecule has 1 unspecified atom stereocenters. The smallest absolute Gasteiger partial charge is 0.272 e. The largest absolute Gasteiger partial charge is 0.497 e. The quantitative estimate of drug-likeness (QED) is 0.598. The summed E-state index contributed by atoms with van der Waals surface area (Å²) in [5.41, 5.74) is 1.73. The van der Waals surface area contributed by atoms with Gasteiger partial charge in [0.15, 0.2) is 0 Å². The van der Waals surface area contributed by atoms with Crippen LogP contribution in [0.4, 0.5) is 0 Å². The molecule has 1 aromatic carbocycles. The third-order valence-corrected chi connectivity index (χ3v) is 5.27. The molecule has 3 aromatic rings. The molecule has 0 radical (unpaired) electrons. The van der Waals surface area contributed by atoms with E-state index in [2.05, 4.69) is 20.4 Å². The number of nitrogens with one attached hydrogen (secondary N) is 1. The average Bonchev–Trinajstić information content (AvgIpc) is 3.34. The molecule has 0 spiro atoms. The highest BCUT2D eigenvalue weighted by Crippen LogP contribution is 2.32. The second kappa shape index (κ2) is 9.54. The Bertz CT molecular complexity index is 1070. The number of piperidine rings is 1. The van der Waals surface area contributed by atoms with Crippen molar-refractivity contribution in [2.24, 2.45) is 0 Å². The molecule has 4 rings (SSSR count). The van der Waals surface area contributed by atoms with Crippen LogP contribution in [-0.4, -0.2) is 71.7 Å². The fraction of sp³-hybridized carbons (Fsp3) is 0.364. The van der Waals surface area contributed by atoms with E-state index in [-0.39, 0.29) is 12.0 Å². The van der Waals surface area contributed by atoms with Crippen LogP contribution < -0.4 is 18.9 Å². The molecule has 1 aliphatic rings. The van der Waals surface area contributed by atoms with E-state index in [9.17, 15) is 4.79 Å². The summed E-state index contributed by atoms with van der Waals surface area (Å²) in [5, 5.41) is 15.1. The van der Waals surface area contributed by atoms with Gasteiger partial charge in [-0.05, 0) is 37.1 Å². The molecule has 168 valence electrons. The van der Waals surface area contributed by atoms with Crippen LogP contribution in [0.1, 0.15) is 23.3 Å². The highest BCUT2D eigenvalue weighted by atomic mass is 16.5. The number of aromatic amines is 1. The van der Waals surface area contributed by atoms with Crippen molar-refractivity contribution < 1.29 is 23.7 Å². The zero-order valence-electron chi connectivity index (χ0n) is 18.2. The van der Waals surface area contributed by atoms with Gasteiger partial charge in [-0.15, -0.1) is 10.2 Å². The summed E-state index contributed by atoms with van der Waals surface area (Å²) in [5.74, 6) is 2.00. The second-order valence-electron chi connectivity index (χ2n) is 7.28. The number of rotatable bonds is 7. The van der Waals surface area contributed by atoms with E-state index in [1.165, 1.54) is 7.11 Å². The van der Waals surface area contributed by atoms with Crippen LogP contribution in [0.2, 0.25) is 0 Å². The molecule has 0 saturated carbocycles. The molecule has 0 bridgehead atoms. The minimum Gasteiger partial charge on any atom is -0.497 e. The lowest BCUT2D eigenvalue weighted by atomic mass is 10.1. The highest BCUT2D eigenvalue weighted by Gasteiger charge is 2.27. The Morgan fingerprint density at radius 3 is 2.56 bits per heavy atom. The Kier molecular flexibility index (Phi) is 6.39. The van der Waals surface area contributed by atoms with Crippen LogP contribution in [0.15, 0.2) is 36.4 Å². The zero-order valence-corrected chi connectivity index (χ0v) is 18.2. The van der Waals surface area contributed by atoms with Gasteiger partial charge in [0, 0.05) is 24.2 Å². The van der Waals surface area contributed by atoms with Crippen LogP contribution in [0.3, 0.4) is 0 Å². The van der Waals surface area contributed by atoms with Crippen LogP contribution >= 0.6 is 0 Å². The maximum atomic E-state index is 13.1. The van der Waals surface area contributed by atoms with E-state index in [4.69, 9.17) is 18.9 Å². The predicted octanol–water partition coefficient (Wildman–Crippen LogP) is 2.58. The molecule has 1 atom stereocenters. The third-order valence-electron chi connectivity index (χ3n) is 5.27. The first-order valence-electron chi connectivity index (χ1n) is 10.2. The van der Waals surface area contributed by atoms with E-state index < -0.39 is 0 Å². The number of amides is 1. The van der Waals surface area contributed by atoms with Gasteiger partial charge in [-0.3, -0.25) is 9.89 Å². The minimum atomic E-state index is -0.170. The highest BCUT2D eigenvalue weighted by molar-refractivity contribution is 5.93. The first-order valence-corrected chi connectivity index (χ1v) is 10.2. The standard InChI is InChI=1S/C22H25N5O5/c1-29-14-6-7-19(30-2)16(11-14)17-12-18(24-23-17)22(28)27-10-4-5-15(13-27)32-21-9-8-20(31-3)25-26-21/h6-9,11-12,15H,4-5,10,13H2,1-3H3,(H,23,24). The molecule has 1 fully saturated rings. The third kappa shape index (κ3) is 4.58. The molecular weight excluding hydrogens is 414 g/mol. The van der Waals surface area contributed by atoms with Crippen molar-refractivity contribution in [3.05, 3.63) is 42.1 Å². The predicted molar refractivity (Wildman–Crippen MR) is 115 cm³/mol. The van der Waals surface area contributed by atoms with Crippen molar-refractivity contribution in [3.8, 4) is 34.5 Å². The number of nitrogens with zero attached hydrogens (tertiary/aromatic N) is 4. The van der Waals surface area contributed by atoms with Gasteiger partial charge in [0.1, 0.15) is 23.3 Å². The number of carbonyl (C=O) groups is 1. The Morgan fingerprint density at radius 1 is 1.03 bits per heavy atom. The van der Waals surface area contributed by atoms with Gasteiger partial charge in [0.25, 0.3) is 5.91 Å². The number of likely N-dealkylation sites (tertiary alicyclic amines) is 1. The molecule has 32 heavy (non-hydrogen) atoms. The Morgan fingerprint density at radius 2 is 1.84 bits per heavy atom. The van der Waals surface area contributed by atoms with Gasteiger partial charge in [-0.25, -0.2) is 0 Å². The molecule has 1 aliphatic heterocycles. The van der Waals surface area contributed by atoms with Crippen LogP contribution in [0.5, 0.6) is 23.3 Å². The lowest BCUT2D eigenvalue weighted by molar-refractivity contribution is 0.0520. The number of methoxy groups -OCH3 is 3. The lowest BCUT2D eigenvalue weighted by Crippen LogP contribution is -2.44. The molecule has 10 nitrogen and oxygen atoms in total. The summed E-state index contributed by atoms with van der Waals surface area (Å²) in [4.78, 5) is 14.9. The molecular formula is C22H25N5O5. The number of carbonyl (C=O) groups excluding carboxylic acids is 1. The summed E-state index contributed by atoms with van der Waals surface area (Å²) in [6.07, 6.45) is 1.48. The normalized spacial score (nSPS) is 15.8. The zero-order chi connectivity index (χ0) is 22.5. The van der Waals surface area contributed by atoms with E-state index in [1.807, 2.05) is 12.1 Å². The Hall–Kier alpha value is -3.82. The number of ether oxygens (including phenoxy) is 4. The van der Waals surface area contributed by atoms with Crippen molar-refractivity contribution in [3.63, 3.8) is 0 Å². The molecule has 0 aliphatic carbocycles. The van der Waals surface area contributed by atoms with Gasteiger partial charge in [-0.1, -0.05) is 0 Å². The Labute approximate surface area is 185 Å². The fourth-order valence-electron chi connectivity index (χ4n) is 3.62. The van der Waals surface area contributed by atoms with E-state index in [1.54, 1.807) is 43.4 Å². The molecule has 1 N–H and O–H groups in total. The number of hydrogen-bond donors (Lipinski definition) is 1. The molecule has 1 amide bonds. The van der Waals surface area contributed by atoms with Gasteiger partial charge in [0.05, 0.1) is 33.6 Å². The van der Waals surface area contributed by atoms with Gasteiger partial charge in [0.2, 0.25) is 11.8 Å². The van der Waals surface area contributed by atoms with Crippen molar-refractivity contribution in [2.45, 2.75) is 18.9 Å². The van der Waals surface area contributed by atoms with E-state index in [0.717, 1.165) is 18.4 Å². The van der Waals surface area contributed by atoms with Crippen molar-refractivity contribution in [1.82, 2.24) is 25.3 Å². The van der Waals surface area contributed by atoms with E-state index in [0.29, 0.717) is 47.7 Å². The summed E-state index contributed by atoms with van der Waals surface area (Å²) in [6.45, 7) is 1.09. The number of aromatic nitrogens is 4. The maximum absolute atomic E-state index is 13.1. The molecule has 2 aromatic heterocycles. The minimum absolute atomic E-state index is 0.139. The van der Waals surface area contributed by atoms with Gasteiger partial charge in [-0.2, -0.15) is 5.10 Å². The fourth-order valence-corrected chi connectivity index (χ4v) is 3.62. The molecule has 3 heterocycles. The summed E-state index contributed by atoms with van der Waals surface area (Å²) in [6, 6.07) is 10.5. The summed E-state index contributed by atoms with van der Waals surface area (Å²) < 4.78 is 21.7. The SMILES string of the molecule is COc1ccc(OC)c(-c2cc(C(=O)N3CCCC(Oc4ccc(OC)nn4)C3)[nH]n2)c1. The molecule has 10 heteroatoms. The summed E-state index contributed by atoms with van der Waals surface area (Å²) >= 11 is 0. The van der Waals surface area contributed by atoms with Gasteiger partial charge >= 0.3 is 0 Å². The number of hydrogen-bond acceptors (Lipinski definition) is 8. The number of benzene rings is 1. The number of H-pyrrole nitrogens is 1.